The normalized spacial score (nSPS) is 30.4. The first-order chi connectivity index (χ1) is 17.3. The number of rotatable bonds is 9. The third-order valence-electron chi connectivity index (χ3n) is 7.08. The van der Waals surface area contributed by atoms with Gasteiger partial charge in [0.05, 0.1) is 31.8 Å². The van der Waals surface area contributed by atoms with Crippen LogP contribution in [0, 0.1) is 17.3 Å². The molecule has 0 spiro atoms. The summed E-state index contributed by atoms with van der Waals surface area (Å²) in [5.41, 5.74) is -7.21. The van der Waals surface area contributed by atoms with Crippen LogP contribution in [0.5, 0.6) is 5.75 Å². The fourth-order valence-electron chi connectivity index (χ4n) is 5.21. The van der Waals surface area contributed by atoms with Crippen molar-refractivity contribution in [1.29, 1.82) is 0 Å². The highest BCUT2D eigenvalue weighted by atomic mass is 79.9. The Morgan fingerprint density at radius 1 is 1.22 bits per heavy atom. The van der Waals surface area contributed by atoms with Crippen molar-refractivity contribution in [3.8, 4) is 5.75 Å². The molecule has 0 heterocycles. The van der Waals surface area contributed by atoms with Gasteiger partial charge in [-0.2, -0.15) is 21.6 Å². The molecule has 0 unspecified atom stereocenters. The van der Waals surface area contributed by atoms with Gasteiger partial charge in [-0.25, -0.2) is 0 Å². The van der Waals surface area contributed by atoms with Crippen LogP contribution in [0.1, 0.15) is 32.6 Å². The van der Waals surface area contributed by atoms with E-state index in [0.717, 1.165) is 16.5 Å². The molecule has 1 aromatic rings. The Labute approximate surface area is 227 Å². The summed E-state index contributed by atoms with van der Waals surface area (Å²) in [6.45, 7) is 1.42. The number of esters is 1. The van der Waals surface area contributed by atoms with Gasteiger partial charge >= 0.3 is 21.6 Å². The molecule has 1 aromatic carbocycles. The lowest BCUT2D eigenvalue weighted by atomic mass is 9.60. The maximum Gasteiger partial charge on any atom is 0.523 e. The number of ether oxygens (including phenoxy) is 4. The Morgan fingerprint density at radius 2 is 1.92 bits per heavy atom. The van der Waals surface area contributed by atoms with E-state index in [1.54, 1.807) is 6.07 Å². The first kappa shape index (κ1) is 30.5. The van der Waals surface area contributed by atoms with E-state index in [2.05, 4.69) is 15.9 Å². The van der Waals surface area contributed by atoms with Crippen LogP contribution in [0.2, 0.25) is 0 Å². The fourth-order valence-corrected chi connectivity index (χ4v) is 7.97. The van der Waals surface area contributed by atoms with E-state index in [1.165, 1.54) is 32.9 Å². The first-order valence-corrected chi connectivity index (χ1v) is 14.5. The van der Waals surface area contributed by atoms with Crippen molar-refractivity contribution in [1.82, 2.24) is 0 Å². The average Bonchev–Trinajstić information content (AvgIpc) is 2.84. The molecule has 0 aromatic heterocycles. The molecule has 14 heteroatoms. The van der Waals surface area contributed by atoms with Gasteiger partial charge in [0, 0.05) is 21.7 Å². The van der Waals surface area contributed by atoms with Crippen LogP contribution in [0.3, 0.4) is 0 Å². The summed E-state index contributed by atoms with van der Waals surface area (Å²) >= 11 is 4.99. The average molecular weight is 636 g/mol. The number of fused-ring (bicyclic) bond motifs is 1. The Balaban J connectivity index is 2.01. The molecule has 0 saturated heterocycles. The number of alkyl halides is 3. The lowest BCUT2D eigenvalue weighted by molar-refractivity contribution is -0.168. The molecular weight excluding hydrogens is 605 g/mol. The van der Waals surface area contributed by atoms with Crippen molar-refractivity contribution >= 4 is 43.8 Å². The molecule has 2 fully saturated rings. The zero-order valence-corrected chi connectivity index (χ0v) is 24.0. The minimum Gasteiger partial charge on any atom is -0.497 e. The standard InChI is InChI=1S/C23H30BrF3O8S2/c1-22(21(28)33-4)11-13-5-8-17(34-12-31-2)20(36-18-9-14(32-3)6-7-16(18)24)15(13)10-19(22)35-37(29,30)23(25,26)27/h6-7,9,13,15,17,19-20H,5,8,10-12H2,1-4H3/t13-,15-,17-,19+,20-,22+/m0/s1. The van der Waals surface area contributed by atoms with Crippen LogP contribution in [-0.4, -0.2) is 65.5 Å². The predicted octanol–water partition coefficient (Wildman–Crippen LogP) is 5.14. The molecule has 6 atom stereocenters. The molecule has 0 amide bonds. The van der Waals surface area contributed by atoms with E-state index in [-0.39, 0.29) is 42.8 Å². The Morgan fingerprint density at radius 3 is 2.51 bits per heavy atom. The van der Waals surface area contributed by atoms with Crippen molar-refractivity contribution in [2.75, 3.05) is 28.1 Å². The Bertz CT molecular complexity index is 1070. The van der Waals surface area contributed by atoms with Gasteiger partial charge in [0.25, 0.3) is 0 Å². The summed E-state index contributed by atoms with van der Waals surface area (Å²) < 4.78 is 90.6. The van der Waals surface area contributed by atoms with Crippen molar-refractivity contribution in [3.63, 3.8) is 0 Å². The minimum atomic E-state index is -5.96. The van der Waals surface area contributed by atoms with Gasteiger partial charge in [-0.15, -0.1) is 11.8 Å². The molecule has 0 radical (unpaired) electrons. The van der Waals surface area contributed by atoms with Crippen LogP contribution in [0.4, 0.5) is 13.2 Å². The van der Waals surface area contributed by atoms with Gasteiger partial charge in [-0.3, -0.25) is 8.98 Å². The zero-order valence-electron chi connectivity index (χ0n) is 20.7. The minimum absolute atomic E-state index is 0.0145. The molecule has 2 aliphatic carbocycles. The summed E-state index contributed by atoms with van der Waals surface area (Å²) in [6, 6.07) is 5.43. The van der Waals surface area contributed by atoms with E-state index < -0.39 is 33.1 Å². The molecule has 2 saturated carbocycles. The molecule has 0 bridgehead atoms. The van der Waals surface area contributed by atoms with Gasteiger partial charge in [-0.05, 0) is 78.6 Å². The van der Waals surface area contributed by atoms with Crippen LogP contribution in [0.15, 0.2) is 27.6 Å². The summed E-state index contributed by atoms with van der Waals surface area (Å²) in [5.74, 6) is -0.635. The molecule has 0 N–H and O–H groups in total. The number of methoxy groups -OCH3 is 3. The SMILES string of the molecule is COCO[C@H]1CC[C@H]2C[C@@](C)(C(=O)OC)[C@H](OS(=O)(=O)C(F)(F)F)C[C@@H]2[C@@H]1Sc1cc(OC)ccc1Br. The highest BCUT2D eigenvalue weighted by molar-refractivity contribution is 9.10. The Kier molecular flexibility index (Phi) is 9.88. The van der Waals surface area contributed by atoms with Crippen molar-refractivity contribution in [3.05, 3.63) is 22.7 Å². The Hall–Kier alpha value is -1.06. The summed E-state index contributed by atoms with van der Waals surface area (Å²) in [5, 5.41) is -0.306. The van der Waals surface area contributed by atoms with Crippen LogP contribution in [-0.2, 0) is 33.3 Å². The predicted molar refractivity (Wildman–Crippen MR) is 133 cm³/mol. The molecule has 37 heavy (non-hydrogen) atoms. The van der Waals surface area contributed by atoms with Gasteiger partial charge < -0.3 is 18.9 Å². The quantitative estimate of drug-likeness (QED) is 0.158. The van der Waals surface area contributed by atoms with E-state index >= 15 is 0 Å². The van der Waals surface area contributed by atoms with Crippen LogP contribution in [0.25, 0.3) is 0 Å². The second kappa shape index (κ2) is 12.0. The number of carbonyl (C=O) groups excluding carboxylic acids is 1. The zero-order chi connectivity index (χ0) is 27.6. The lowest BCUT2D eigenvalue weighted by Crippen LogP contribution is -2.55. The number of benzene rings is 1. The van der Waals surface area contributed by atoms with Crippen molar-refractivity contribution < 1.29 is 49.5 Å². The second-order valence-electron chi connectivity index (χ2n) is 9.33. The molecular formula is C23H30BrF3O8S2. The van der Waals surface area contributed by atoms with Gasteiger partial charge in [-0.1, -0.05) is 0 Å². The molecule has 3 rings (SSSR count). The van der Waals surface area contributed by atoms with E-state index in [9.17, 15) is 26.4 Å². The molecule has 2 aliphatic rings. The fraction of sp³-hybridized carbons (Fsp3) is 0.696. The molecule has 210 valence electrons. The first-order valence-electron chi connectivity index (χ1n) is 11.5. The lowest BCUT2D eigenvalue weighted by Gasteiger charge is -2.51. The summed E-state index contributed by atoms with van der Waals surface area (Å²) in [7, 11) is -1.82. The number of carbonyl (C=O) groups is 1. The summed E-state index contributed by atoms with van der Waals surface area (Å²) in [6.07, 6.45) is -0.681. The van der Waals surface area contributed by atoms with Crippen molar-refractivity contribution in [2.45, 2.75) is 60.5 Å². The van der Waals surface area contributed by atoms with Gasteiger partial charge in [0.1, 0.15) is 12.5 Å². The molecule has 0 aliphatic heterocycles. The number of hydrogen-bond acceptors (Lipinski definition) is 9. The van der Waals surface area contributed by atoms with E-state index in [4.69, 9.17) is 23.1 Å². The monoisotopic (exact) mass is 634 g/mol. The third kappa shape index (κ3) is 6.57. The van der Waals surface area contributed by atoms with Gasteiger partial charge in [0.15, 0.2) is 0 Å². The number of thioether (sulfide) groups is 1. The largest absolute Gasteiger partial charge is 0.523 e. The van der Waals surface area contributed by atoms with Crippen LogP contribution < -0.4 is 4.74 Å². The highest BCUT2D eigenvalue weighted by Crippen LogP contribution is 2.55. The third-order valence-corrected chi connectivity index (χ3v) is 10.6. The van der Waals surface area contributed by atoms with Crippen LogP contribution >= 0.6 is 27.7 Å². The maximum atomic E-state index is 13.3. The number of halogens is 4. The second-order valence-corrected chi connectivity index (χ2v) is 13.0. The molecule has 8 nitrogen and oxygen atoms in total. The maximum absolute atomic E-state index is 13.3. The topological polar surface area (TPSA) is 97.4 Å². The van der Waals surface area contributed by atoms with E-state index in [0.29, 0.717) is 18.6 Å². The smallest absolute Gasteiger partial charge is 0.497 e. The van der Waals surface area contributed by atoms with Crippen molar-refractivity contribution in [2.24, 2.45) is 17.3 Å². The van der Waals surface area contributed by atoms with Gasteiger partial charge in [0.2, 0.25) is 0 Å². The van der Waals surface area contributed by atoms with E-state index in [1.807, 2.05) is 12.1 Å². The summed E-state index contributed by atoms with van der Waals surface area (Å²) in [4.78, 5) is 13.6. The highest BCUT2D eigenvalue weighted by Gasteiger charge is 2.59. The number of hydrogen-bond donors (Lipinski definition) is 0.